The van der Waals surface area contributed by atoms with E-state index in [0.717, 1.165) is 5.56 Å². The zero-order valence-electron chi connectivity index (χ0n) is 16.2. The van der Waals surface area contributed by atoms with Gasteiger partial charge in [-0.15, -0.1) is 0 Å². The number of hydrogen-bond acceptors (Lipinski definition) is 7. The maximum atomic E-state index is 12.4. The molecular weight excluding hydrogens is 376 g/mol. The molecule has 0 unspecified atom stereocenters. The van der Waals surface area contributed by atoms with E-state index in [0.29, 0.717) is 29.7 Å². The van der Waals surface area contributed by atoms with E-state index in [1.807, 2.05) is 0 Å². The standard InChI is InChI=1S/C18H20N8O3/c1-18(2,3)29-17(28)24-23-16(27)26-8-5-13-14(20-11-21-15(13)26)12-9-22-25(10-12)7-4-6-19/h5,8-11H,4,7H2,1-3H3,(H,23,27)(H,24,28). The highest BCUT2D eigenvalue weighted by molar-refractivity contribution is 5.96. The summed E-state index contributed by atoms with van der Waals surface area (Å²) in [5.41, 5.74) is 5.49. The van der Waals surface area contributed by atoms with Crippen molar-refractivity contribution in [1.82, 2.24) is 35.2 Å². The molecule has 2 amide bonds. The quantitative estimate of drug-likeness (QED) is 0.647. The van der Waals surface area contributed by atoms with Gasteiger partial charge in [0, 0.05) is 23.3 Å². The summed E-state index contributed by atoms with van der Waals surface area (Å²) < 4.78 is 7.97. The van der Waals surface area contributed by atoms with Crippen LogP contribution in [0.15, 0.2) is 31.0 Å². The molecule has 29 heavy (non-hydrogen) atoms. The lowest BCUT2D eigenvalue weighted by Crippen LogP contribution is -2.45. The van der Waals surface area contributed by atoms with Crippen LogP contribution in [0.3, 0.4) is 0 Å². The van der Waals surface area contributed by atoms with Crippen LogP contribution in [0.1, 0.15) is 27.2 Å². The second-order valence-corrected chi connectivity index (χ2v) is 7.10. The number of carbonyl (C=O) groups excluding carboxylic acids is 2. The minimum atomic E-state index is -0.776. The molecule has 0 saturated carbocycles. The number of amides is 2. The number of carbonyl (C=O) groups is 2. The van der Waals surface area contributed by atoms with Gasteiger partial charge in [-0.1, -0.05) is 0 Å². The fourth-order valence-electron chi connectivity index (χ4n) is 2.59. The summed E-state index contributed by atoms with van der Waals surface area (Å²) >= 11 is 0. The average molecular weight is 396 g/mol. The Morgan fingerprint density at radius 1 is 1.28 bits per heavy atom. The summed E-state index contributed by atoms with van der Waals surface area (Å²) in [5, 5.41) is 13.5. The predicted molar refractivity (Wildman–Crippen MR) is 102 cm³/mol. The molecule has 3 aromatic rings. The molecule has 0 aliphatic rings. The number of nitrogens with one attached hydrogen (secondary N) is 2. The zero-order valence-corrected chi connectivity index (χ0v) is 16.2. The number of ether oxygens (including phenoxy) is 1. The normalized spacial score (nSPS) is 11.1. The van der Waals surface area contributed by atoms with Crippen LogP contribution < -0.4 is 10.9 Å². The third-order valence-electron chi connectivity index (χ3n) is 3.73. The minimum Gasteiger partial charge on any atom is -0.443 e. The molecule has 0 spiro atoms. The largest absolute Gasteiger partial charge is 0.443 e. The van der Waals surface area contributed by atoms with Gasteiger partial charge < -0.3 is 4.74 Å². The topological polar surface area (TPSA) is 140 Å². The highest BCUT2D eigenvalue weighted by Crippen LogP contribution is 2.25. The number of fused-ring (bicyclic) bond motifs is 1. The Labute approximate surface area is 166 Å². The Bertz CT molecular complexity index is 1090. The number of nitriles is 1. The predicted octanol–water partition coefficient (Wildman–Crippen LogP) is 2.21. The lowest BCUT2D eigenvalue weighted by Gasteiger charge is -2.19. The van der Waals surface area contributed by atoms with Gasteiger partial charge in [0.05, 0.1) is 30.9 Å². The van der Waals surface area contributed by atoms with Crippen LogP contribution in [-0.4, -0.2) is 42.0 Å². The molecule has 150 valence electrons. The molecule has 0 aromatic carbocycles. The van der Waals surface area contributed by atoms with Crippen LogP contribution in [0.2, 0.25) is 0 Å². The Kier molecular flexibility index (Phi) is 5.45. The maximum absolute atomic E-state index is 12.4. The molecule has 3 aromatic heterocycles. The molecule has 11 nitrogen and oxygen atoms in total. The van der Waals surface area contributed by atoms with Crippen LogP contribution in [0.4, 0.5) is 9.59 Å². The first kappa shape index (κ1) is 19.8. The smallest absolute Gasteiger partial charge is 0.426 e. The minimum absolute atomic E-state index is 0.349. The summed E-state index contributed by atoms with van der Waals surface area (Å²) in [4.78, 5) is 32.6. The van der Waals surface area contributed by atoms with Crippen molar-refractivity contribution in [3.8, 4) is 17.3 Å². The van der Waals surface area contributed by atoms with E-state index in [2.05, 4.69) is 32.0 Å². The van der Waals surface area contributed by atoms with Gasteiger partial charge in [0.1, 0.15) is 11.9 Å². The second kappa shape index (κ2) is 7.97. The summed E-state index contributed by atoms with van der Waals surface area (Å²) in [5.74, 6) is 0. The molecule has 0 bridgehead atoms. The number of hydrogen-bond donors (Lipinski definition) is 2. The third-order valence-corrected chi connectivity index (χ3v) is 3.73. The molecule has 2 N–H and O–H groups in total. The van der Waals surface area contributed by atoms with Crippen molar-refractivity contribution in [2.75, 3.05) is 0 Å². The van der Waals surface area contributed by atoms with E-state index >= 15 is 0 Å². The number of aromatic nitrogens is 5. The van der Waals surface area contributed by atoms with Gasteiger partial charge in [0.25, 0.3) is 0 Å². The average Bonchev–Trinajstić information content (AvgIpc) is 3.30. The van der Waals surface area contributed by atoms with Gasteiger partial charge in [-0.05, 0) is 26.8 Å². The van der Waals surface area contributed by atoms with E-state index in [1.54, 1.807) is 43.9 Å². The summed E-state index contributed by atoms with van der Waals surface area (Å²) in [6, 6.07) is 3.16. The van der Waals surface area contributed by atoms with E-state index in [1.165, 1.54) is 17.1 Å². The summed E-state index contributed by atoms with van der Waals surface area (Å²) in [6.45, 7) is 5.63. The molecule has 3 heterocycles. The molecule has 0 saturated heterocycles. The Balaban J connectivity index is 1.79. The highest BCUT2D eigenvalue weighted by atomic mass is 16.6. The molecular formula is C18H20N8O3. The van der Waals surface area contributed by atoms with Gasteiger partial charge in [-0.25, -0.2) is 30.4 Å². The molecule has 11 heteroatoms. The van der Waals surface area contributed by atoms with Gasteiger partial charge >= 0.3 is 12.1 Å². The fraction of sp³-hybridized carbons (Fsp3) is 0.333. The fourth-order valence-corrected chi connectivity index (χ4v) is 2.59. The van der Waals surface area contributed by atoms with Crippen LogP contribution in [0.25, 0.3) is 22.3 Å². The number of aryl methyl sites for hydroxylation is 1. The Hall–Kier alpha value is -3.94. The number of hydrazine groups is 1. The van der Waals surface area contributed by atoms with Crippen molar-refractivity contribution in [3.63, 3.8) is 0 Å². The van der Waals surface area contributed by atoms with E-state index in [9.17, 15) is 9.59 Å². The van der Waals surface area contributed by atoms with Crippen LogP contribution >= 0.6 is 0 Å². The van der Waals surface area contributed by atoms with Gasteiger partial charge in [-0.2, -0.15) is 10.4 Å². The van der Waals surface area contributed by atoms with Crippen molar-refractivity contribution >= 4 is 23.2 Å². The van der Waals surface area contributed by atoms with Crippen molar-refractivity contribution in [2.45, 2.75) is 39.3 Å². The van der Waals surface area contributed by atoms with E-state index in [4.69, 9.17) is 10.00 Å². The van der Waals surface area contributed by atoms with Crippen molar-refractivity contribution < 1.29 is 14.3 Å². The maximum Gasteiger partial charge on any atom is 0.426 e. The SMILES string of the molecule is CC(C)(C)OC(=O)NNC(=O)n1ccc2c(-c3cnn(CCC#N)c3)ncnc21. The Morgan fingerprint density at radius 2 is 2.07 bits per heavy atom. The van der Waals surface area contributed by atoms with Crippen molar-refractivity contribution in [2.24, 2.45) is 0 Å². The summed E-state index contributed by atoms with van der Waals surface area (Å²) in [7, 11) is 0. The molecule has 0 fully saturated rings. The number of nitrogens with zero attached hydrogens (tertiary/aromatic N) is 6. The van der Waals surface area contributed by atoms with E-state index in [-0.39, 0.29) is 0 Å². The molecule has 0 atom stereocenters. The zero-order chi connectivity index (χ0) is 21.0. The second-order valence-electron chi connectivity index (χ2n) is 7.10. The first-order chi connectivity index (χ1) is 13.8. The lowest BCUT2D eigenvalue weighted by atomic mass is 10.2. The molecule has 0 aliphatic carbocycles. The molecule has 3 rings (SSSR count). The molecule has 0 radical (unpaired) electrons. The van der Waals surface area contributed by atoms with Crippen LogP contribution in [0, 0.1) is 11.3 Å². The monoisotopic (exact) mass is 396 g/mol. The van der Waals surface area contributed by atoms with Gasteiger partial charge in [0.15, 0.2) is 5.65 Å². The molecule has 0 aliphatic heterocycles. The van der Waals surface area contributed by atoms with Crippen LogP contribution in [0.5, 0.6) is 0 Å². The van der Waals surface area contributed by atoms with Crippen molar-refractivity contribution in [1.29, 1.82) is 5.26 Å². The van der Waals surface area contributed by atoms with Crippen molar-refractivity contribution in [3.05, 3.63) is 31.0 Å². The first-order valence-corrected chi connectivity index (χ1v) is 8.79. The van der Waals surface area contributed by atoms with E-state index < -0.39 is 17.7 Å². The highest BCUT2D eigenvalue weighted by Gasteiger charge is 2.18. The van der Waals surface area contributed by atoms with Gasteiger partial charge in [-0.3, -0.25) is 9.25 Å². The van der Waals surface area contributed by atoms with Crippen LogP contribution in [-0.2, 0) is 11.3 Å². The first-order valence-electron chi connectivity index (χ1n) is 8.79. The Morgan fingerprint density at radius 3 is 2.79 bits per heavy atom. The van der Waals surface area contributed by atoms with Gasteiger partial charge in [0.2, 0.25) is 0 Å². The summed E-state index contributed by atoms with van der Waals surface area (Å²) in [6.07, 6.45) is 5.86. The lowest BCUT2D eigenvalue weighted by molar-refractivity contribution is 0.0505. The number of rotatable bonds is 3. The third kappa shape index (κ3) is 4.67.